The zero-order valence-electron chi connectivity index (χ0n) is 13.0. The largest absolute Gasteiger partial charge is 0.378 e. The van der Waals surface area contributed by atoms with Crippen LogP contribution in [0.5, 0.6) is 0 Å². The van der Waals surface area contributed by atoms with E-state index in [1.807, 2.05) is 24.3 Å². The molecule has 23 heavy (non-hydrogen) atoms. The Balaban J connectivity index is 1.81. The Morgan fingerprint density at radius 2 is 2.00 bits per heavy atom. The van der Waals surface area contributed by atoms with Gasteiger partial charge in [0, 0.05) is 29.9 Å². The number of fused-ring (bicyclic) bond motifs is 1. The summed E-state index contributed by atoms with van der Waals surface area (Å²) < 4.78 is 5.43. The number of benzene rings is 1. The molecule has 1 saturated heterocycles. The molecular weight excluding hydrogens is 288 g/mol. The number of ether oxygens (including phenoxy) is 1. The van der Waals surface area contributed by atoms with Crippen LogP contribution in [0, 0.1) is 11.3 Å². The molecule has 0 spiro atoms. The lowest BCUT2D eigenvalue weighted by Gasteiger charge is -2.27. The van der Waals surface area contributed by atoms with E-state index in [-0.39, 0.29) is 0 Å². The molecule has 2 heterocycles. The standard InChI is InChI=1S/C18H18N4O/c19-12-13-3-1-4-14(11-13)17-15-5-2-6-16(15)20-18(21-17)22-7-9-23-10-8-22/h1,3-4,11H,2,5-10H2. The first-order valence-corrected chi connectivity index (χ1v) is 8.08. The second-order valence-corrected chi connectivity index (χ2v) is 5.94. The third kappa shape index (κ3) is 2.66. The Morgan fingerprint density at radius 3 is 2.83 bits per heavy atom. The molecule has 0 saturated carbocycles. The number of anilines is 1. The maximum atomic E-state index is 9.16. The highest BCUT2D eigenvalue weighted by Gasteiger charge is 2.23. The lowest BCUT2D eigenvalue weighted by molar-refractivity contribution is 0.122. The third-order valence-corrected chi connectivity index (χ3v) is 4.48. The Labute approximate surface area is 135 Å². The molecule has 1 aliphatic carbocycles. The monoisotopic (exact) mass is 306 g/mol. The Kier molecular flexibility index (Phi) is 3.68. The fourth-order valence-corrected chi connectivity index (χ4v) is 3.30. The van der Waals surface area contributed by atoms with Crippen molar-refractivity contribution in [3.63, 3.8) is 0 Å². The van der Waals surface area contributed by atoms with Gasteiger partial charge in [-0.2, -0.15) is 5.26 Å². The number of nitriles is 1. The van der Waals surface area contributed by atoms with Crippen LogP contribution in [0.15, 0.2) is 24.3 Å². The molecule has 0 N–H and O–H groups in total. The zero-order valence-corrected chi connectivity index (χ0v) is 13.0. The van der Waals surface area contributed by atoms with E-state index in [0.717, 1.165) is 62.8 Å². The summed E-state index contributed by atoms with van der Waals surface area (Å²) >= 11 is 0. The van der Waals surface area contributed by atoms with E-state index < -0.39 is 0 Å². The fourth-order valence-electron chi connectivity index (χ4n) is 3.30. The highest BCUT2D eigenvalue weighted by molar-refractivity contribution is 5.67. The van der Waals surface area contributed by atoms with Gasteiger partial charge in [0.25, 0.3) is 0 Å². The molecule has 1 aliphatic heterocycles. The van der Waals surface area contributed by atoms with Crippen molar-refractivity contribution >= 4 is 5.95 Å². The molecule has 0 atom stereocenters. The molecule has 5 nitrogen and oxygen atoms in total. The van der Waals surface area contributed by atoms with Gasteiger partial charge in [-0.1, -0.05) is 12.1 Å². The van der Waals surface area contributed by atoms with Crippen LogP contribution in [-0.2, 0) is 17.6 Å². The van der Waals surface area contributed by atoms with Crippen LogP contribution in [0.2, 0.25) is 0 Å². The molecule has 1 aromatic heterocycles. The minimum atomic E-state index is 0.667. The van der Waals surface area contributed by atoms with Gasteiger partial charge in [0.1, 0.15) is 0 Å². The Hall–Kier alpha value is -2.45. The summed E-state index contributed by atoms with van der Waals surface area (Å²) in [6.45, 7) is 3.10. The lowest BCUT2D eigenvalue weighted by atomic mass is 10.0. The number of nitrogens with zero attached hydrogens (tertiary/aromatic N) is 4. The number of rotatable bonds is 2. The fraction of sp³-hybridized carbons (Fsp3) is 0.389. The van der Waals surface area contributed by atoms with Crippen molar-refractivity contribution in [1.82, 2.24) is 9.97 Å². The summed E-state index contributed by atoms with van der Waals surface area (Å²) in [5, 5.41) is 9.16. The molecule has 0 bridgehead atoms. The van der Waals surface area contributed by atoms with E-state index in [0.29, 0.717) is 5.56 Å². The van der Waals surface area contributed by atoms with Crippen LogP contribution in [0.3, 0.4) is 0 Å². The van der Waals surface area contributed by atoms with Crippen LogP contribution in [0.4, 0.5) is 5.95 Å². The topological polar surface area (TPSA) is 62.0 Å². The summed E-state index contributed by atoms with van der Waals surface area (Å²) in [5.74, 6) is 0.798. The van der Waals surface area contributed by atoms with Crippen LogP contribution in [-0.4, -0.2) is 36.3 Å². The quantitative estimate of drug-likeness (QED) is 0.852. The molecule has 5 heteroatoms. The van der Waals surface area contributed by atoms with Crippen molar-refractivity contribution in [3.05, 3.63) is 41.1 Å². The Bertz CT molecular complexity index is 775. The van der Waals surface area contributed by atoms with Crippen molar-refractivity contribution in [2.24, 2.45) is 0 Å². The van der Waals surface area contributed by atoms with Gasteiger partial charge in [-0.05, 0) is 31.4 Å². The average Bonchev–Trinajstić information content (AvgIpc) is 3.10. The van der Waals surface area contributed by atoms with Crippen LogP contribution in [0.25, 0.3) is 11.3 Å². The second-order valence-electron chi connectivity index (χ2n) is 5.94. The summed E-state index contributed by atoms with van der Waals surface area (Å²) in [4.78, 5) is 11.9. The normalized spacial score (nSPS) is 16.9. The van der Waals surface area contributed by atoms with Crippen molar-refractivity contribution in [3.8, 4) is 17.3 Å². The zero-order chi connectivity index (χ0) is 15.6. The van der Waals surface area contributed by atoms with Gasteiger partial charge in [-0.25, -0.2) is 9.97 Å². The number of hydrogen-bond donors (Lipinski definition) is 0. The first kappa shape index (κ1) is 14.2. The molecule has 1 aromatic carbocycles. The molecule has 116 valence electrons. The molecule has 0 amide bonds. The Morgan fingerprint density at radius 1 is 1.13 bits per heavy atom. The summed E-state index contributed by atoms with van der Waals surface area (Å²) in [5.41, 5.74) is 5.09. The van der Waals surface area contributed by atoms with Crippen molar-refractivity contribution in [2.45, 2.75) is 19.3 Å². The van der Waals surface area contributed by atoms with E-state index in [1.165, 1.54) is 11.3 Å². The van der Waals surface area contributed by atoms with E-state index in [9.17, 15) is 0 Å². The number of aromatic nitrogens is 2. The first-order chi connectivity index (χ1) is 11.3. The smallest absolute Gasteiger partial charge is 0.226 e. The van der Waals surface area contributed by atoms with Crippen molar-refractivity contribution in [1.29, 1.82) is 5.26 Å². The van der Waals surface area contributed by atoms with Crippen molar-refractivity contribution < 1.29 is 4.74 Å². The summed E-state index contributed by atoms with van der Waals surface area (Å²) in [6.07, 6.45) is 3.16. The molecule has 4 rings (SSSR count). The first-order valence-electron chi connectivity index (χ1n) is 8.08. The second kappa shape index (κ2) is 5.98. The number of aryl methyl sites for hydroxylation is 1. The molecule has 1 fully saturated rings. The van der Waals surface area contributed by atoms with E-state index in [1.54, 1.807) is 0 Å². The van der Waals surface area contributed by atoms with Gasteiger partial charge < -0.3 is 9.64 Å². The summed E-state index contributed by atoms with van der Waals surface area (Å²) in [6, 6.07) is 9.92. The van der Waals surface area contributed by atoms with E-state index in [4.69, 9.17) is 20.0 Å². The third-order valence-electron chi connectivity index (χ3n) is 4.48. The lowest BCUT2D eigenvalue weighted by Crippen LogP contribution is -2.37. The van der Waals surface area contributed by atoms with Crippen LogP contribution >= 0.6 is 0 Å². The van der Waals surface area contributed by atoms with Gasteiger partial charge in [-0.15, -0.1) is 0 Å². The van der Waals surface area contributed by atoms with Gasteiger partial charge in [0.2, 0.25) is 5.95 Å². The van der Waals surface area contributed by atoms with Crippen LogP contribution < -0.4 is 4.90 Å². The van der Waals surface area contributed by atoms with Gasteiger partial charge in [0.05, 0.1) is 30.5 Å². The summed E-state index contributed by atoms with van der Waals surface area (Å²) in [7, 11) is 0. The van der Waals surface area contributed by atoms with Gasteiger partial charge in [0.15, 0.2) is 0 Å². The molecular formula is C18H18N4O. The highest BCUT2D eigenvalue weighted by atomic mass is 16.5. The molecule has 0 unspecified atom stereocenters. The SMILES string of the molecule is N#Cc1cccc(-c2nc(N3CCOCC3)nc3c2CCC3)c1. The maximum absolute atomic E-state index is 9.16. The molecule has 0 radical (unpaired) electrons. The van der Waals surface area contributed by atoms with E-state index >= 15 is 0 Å². The van der Waals surface area contributed by atoms with E-state index in [2.05, 4.69) is 11.0 Å². The average molecular weight is 306 g/mol. The highest BCUT2D eigenvalue weighted by Crippen LogP contribution is 2.32. The molecule has 2 aromatic rings. The van der Waals surface area contributed by atoms with Gasteiger partial charge >= 0.3 is 0 Å². The van der Waals surface area contributed by atoms with Crippen LogP contribution in [0.1, 0.15) is 23.2 Å². The predicted molar refractivity (Wildman–Crippen MR) is 87.2 cm³/mol. The minimum Gasteiger partial charge on any atom is -0.378 e. The minimum absolute atomic E-state index is 0.667. The number of hydrogen-bond acceptors (Lipinski definition) is 5. The maximum Gasteiger partial charge on any atom is 0.226 e. The van der Waals surface area contributed by atoms with Crippen molar-refractivity contribution in [2.75, 3.05) is 31.2 Å². The van der Waals surface area contributed by atoms with Gasteiger partial charge in [-0.3, -0.25) is 0 Å². The number of morpholine rings is 1. The predicted octanol–water partition coefficient (Wildman–Crippen LogP) is 2.34. The molecule has 2 aliphatic rings.